The molecule has 11 nitrogen and oxygen atoms in total. The highest BCUT2D eigenvalue weighted by atomic mass is 16.7. The topological polar surface area (TPSA) is 175 Å². The van der Waals surface area contributed by atoms with Crippen LogP contribution in [0.5, 0.6) is 0 Å². The minimum absolute atomic E-state index is 0.132. The van der Waals surface area contributed by atoms with Gasteiger partial charge in [0.25, 0.3) is 0 Å². The second-order valence-corrected chi connectivity index (χ2v) is 24.3. The van der Waals surface area contributed by atoms with E-state index < -0.39 is 67.4 Å². The fraction of sp³-hybridized carbons (Fsp3) is 0.941. The number of allylic oxidation sites excluding steroid dienone is 1. The summed E-state index contributed by atoms with van der Waals surface area (Å²) in [6, 6.07) is -1.02. The number of aliphatic hydroxyl groups excluding tert-OH is 5. The molecular formula is C68H131NO10. The third-order valence-corrected chi connectivity index (χ3v) is 16.7. The SMILES string of the molecule is CCCCCCCCCCC/C=C/C(O)C(COC1OC(CO)C(O)C(O)C1OC(=O)CCCCCCCCCCCCCCCCCCC)NC(=O)C(O)CCCCCCCCCCCCCCCCCCCCCCCC. The van der Waals surface area contributed by atoms with Gasteiger partial charge in [0.2, 0.25) is 5.91 Å². The Bertz CT molecular complexity index is 1340. The number of carbonyl (C=O) groups is 2. The molecule has 468 valence electrons. The summed E-state index contributed by atoms with van der Waals surface area (Å²) in [5.74, 6) is -1.17. The molecule has 1 fully saturated rings. The molecule has 11 heteroatoms. The molecule has 6 N–H and O–H groups in total. The maximum Gasteiger partial charge on any atom is 0.306 e. The Morgan fingerprint density at radius 3 is 1.19 bits per heavy atom. The molecule has 79 heavy (non-hydrogen) atoms. The van der Waals surface area contributed by atoms with Gasteiger partial charge in [-0.05, 0) is 25.7 Å². The van der Waals surface area contributed by atoms with Gasteiger partial charge in [-0.1, -0.05) is 328 Å². The van der Waals surface area contributed by atoms with Crippen molar-refractivity contribution < 1.29 is 49.3 Å². The van der Waals surface area contributed by atoms with Gasteiger partial charge in [0.05, 0.1) is 25.4 Å². The summed E-state index contributed by atoms with van der Waals surface area (Å²) in [5, 5.41) is 57.1. The van der Waals surface area contributed by atoms with E-state index in [0.717, 1.165) is 57.8 Å². The van der Waals surface area contributed by atoms with Gasteiger partial charge in [-0.15, -0.1) is 0 Å². The zero-order chi connectivity index (χ0) is 57.5. The van der Waals surface area contributed by atoms with E-state index in [9.17, 15) is 35.1 Å². The van der Waals surface area contributed by atoms with E-state index in [1.54, 1.807) is 6.08 Å². The number of unbranched alkanes of at least 4 members (excludes halogenated alkanes) is 46. The summed E-state index contributed by atoms with van der Waals surface area (Å²) < 4.78 is 17.7. The van der Waals surface area contributed by atoms with Crippen LogP contribution in [-0.4, -0.2) is 99.6 Å². The average molecular weight is 1120 g/mol. The van der Waals surface area contributed by atoms with Gasteiger partial charge in [-0.2, -0.15) is 0 Å². The molecule has 8 atom stereocenters. The molecule has 1 heterocycles. The number of nitrogens with one attached hydrogen (secondary N) is 1. The second-order valence-electron chi connectivity index (χ2n) is 24.3. The second kappa shape index (κ2) is 56.9. The monoisotopic (exact) mass is 1120 g/mol. The van der Waals surface area contributed by atoms with E-state index in [4.69, 9.17) is 14.2 Å². The van der Waals surface area contributed by atoms with Crippen molar-refractivity contribution in [3.8, 4) is 0 Å². The van der Waals surface area contributed by atoms with Crippen LogP contribution in [0, 0.1) is 0 Å². The minimum Gasteiger partial charge on any atom is -0.454 e. The van der Waals surface area contributed by atoms with Crippen molar-refractivity contribution in [3.05, 3.63) is 12.2 Å². The predicted octanol–water partition coefficient (Wildman–Crippen LogP) is 17.1. The lowest BCUT2D eigenvalue weighted by Crippen LogP contribution is -2.61. The van der Waals surface area contributed by atoms with Gasteiger partial charge in [0.15, 0.2) is 12.4 Å². The summed E-state index contributed by atoms with van der Waals surface area (Å²) in [5.41, 5.74) is 0. The number of amides is 1. The number of aliphatic hydroxyl groups is 5. The van der Waals surface area contributed by atoms with Crippen molar-refractivity contribution in [1.82, 2.24) is 5.32 Å². The van der Waals surface area contributed by atoms with Crippen LogP contribution in [0.4, 0.5) is 0 Å². The van der Waals surface area contributed by atoms with Crippen LogP contribution in [0.15, 0.2) is 12.2 Å². The van der Waals surface area contributed by atoms with Gasteiger partial charge >= 0.3 is 5.97 Å². The van der Waals surface area contributed by atoms with Crippen LogP contribution in [0.25, 0.3) is 0 Å². The Hall–Kier alpha value is -1.60. The molecular weight excluding hydrogens is 991 g/mol. The molecule has 1 rings (SSSR count). The maximum atomic E-state index is 13.5. The van der Waals surface area contributed by atoms with Crippen LogP contribution in [0.3, 0.4) is 0 Å². The number of hydrogen-bond donors (Lipinski definition) is 6. The third kappa shape index (κ3) is 44.6. The van der Waals surface area contributed by atoms with Crippen molar-refractivity contribution in [2.24, 2.45) is 0 Å². The van der Waals surface area contributed by atoms with Crippen molar-refractivity contribution >= 4 is 11.9 Å². The molecule has 1 saturated heterocycles. The van der Waals surface area contributed by atoms with Crippen molar-refractivity contribution in [1.29, 1.82) is 0 Å². The molecule has 0 aromatic carbocycles. The summed E-state index contributed by atoms with van der Waals surface area (Å²) in [6.07, 6.45) is 55.5. The zero-order valence-corrected chi connectivity index (χ0v) is 52.0. The van der Waals surface area contributed by atoms with Crippen molar-refractivity contribution in [2.45, 2.75) is 397 Å². The lowest BCUT2D eigenvalue weighted by Gasteiger charge is -2.41. The first kappa shape index (κ1) is 75.4. The highest BCUT2D eigenvalue weighted by Gasteiger charge is 2.47. The average Bonchev–Trinajstić information content (AvgIpc) is 3.51. The lowest BCUT2D eigenvalue weighted by atomic mass is 9.99. The highest BCUT2D eigenvalue weighted by molar-refractivity contribution is 5.80. The standard InChI is InChI=1S/C68H131NO10/c1-4-7-10-13-16-19-22-24-26-28-29-30-31-32-34-35-37-40-43-46-49-52-55-61(72)67(76)69-59(60(71)54-51-48-45-42-39-21-18-15-12-9-6-3)58-77-68-66(65(75)64(74)62(57-70)78-68)79-63(73)56-53-50-47-44-41-38-36-33-27-25-23-20-17-14-11-8-5-2/h51,54,59-62,64-66,68,70-72,74-75H,4-50,52-53,55-58H2,1-3H3,(H,69,76)/b54-51+. The van der Waals surface area contributed by atoms with Crippen LogP contribution in [-0.2, 0) is 23.8 Å². The van der Waals surface area contributed by atoms with Crippen molar-refractivity contribution in [3.63, 3.8) is 0 Å². The van der Waals surface area contributed by atoms with Gasteiger partial charge in [-0.3, -0.25) is 9.59 Å². The summed E-state index contributed by atoms with van der Waals surface area (Å²) in [6.45, 7) is 5.84. The van der Waals surface area contributed by atoms with E-state index in [-0.39, 0.29) is 13.0 Å². The van der Waals surface area contributed by atoms with E-state index >= 15 is 0 Å². The molecule has 0 saturated carbocycles. The van der Waals surface area contributed by atoms with Crippen LogP contribution >= 0.6 is 0 Å². The molecule has 1 amide bonds. The number of hydrogen-bond acceptors (Lipinski definition) is 10. The van der Waals surface area contributed by atoms with E-state index in [0.29, 0.717) is 19.3 Å². The summed E-state index contributed by atoms with van der Waals surface area (Å²) >= 11 is 0. The Labute approximate surface area is 487 Å². The fourth-order valence-electron chi connectivity index (χ4n) is 11.2. The lowest BCUT2D eigenvalue weighted by molar-refractivity contribution is -0.305. The first-order valence-corrected chi connectivity index (χ1v) is 34.5. The van der Waals surface area contributed by atoms with Crippen LogP contribution in [0.2, 0.25) is 0 Å². The Morgan fingerprint density at radius 1 is 0.481 bits per heavy atom. The smallest absolute Gasteiger partial charge is 0.306 e. The number of rotatable bonds is 60. The molecule has 0 aromatic rings. The quantitative estimate of drug-likeness (QED) is 0.0195. The molecule has 0 bridgehead atoms. The van der Waals surface area contributed by atoms with Crippen LogP contribution < -0.4 is 5.32 Å². The summed E-state index contributed by atoms with van der Waals surface area (Å²) in [4.78, 5) is 26.6. The van der Waals surface area contributed by atoms with E-state index in [1.165, 1.54) is 244 Å². The maximum absolute atomic E-state index is 13.5. The Morgan fingerprint density at radius 2 is 0.823 bits per heavy atom. The number of carbonyl (C=O) groups excluding carboxylic acids is 2. The molecule has 0 spiro atoms. The van der Waals surface area contributed by atoms with E-state index in [2.05, 4.69) is 26.1 Å². The molecule has 8 unspecified atom stereocenters. The Kier molecular flexibility index (Phi) is 54.3. The number of esters is 1. The Balaban J connectivity index is 2.57. The number of ether oxygens (including phenoxy) is 3. The van der Waals surface area contributed by atoms with Crippen molar-refractivity contribution in [2.75, 3.05) is 13.2 Å². The highest BCUT2D eigenvalue weighted by Crippen LogP contribution is 2.26. The molecule has 1 aliphatic rings. The van der Waals surface area contributed by atoms with Gasteiger partial charge in [0.1, 0.15) is 24.4 Å². The molecule has 0 radical (unpaired) electrons. The third-order valence-electron chi connectivity index (χ3n) is 16.7. The van der Waals surface area contributed by atoms with Gasteiger partial charge in [-0.25, -0.2) is 0 Å². The fourth-order valence-corrected chi connectivity index (χ4v) is 11.2. The van der Waals surface area contributed by atoms with Crippen LogP contribution in [0.1, 0.15) is 348 Å². The molecule has 1 aliphatic heterocycles. The minimum atomic E-state index is -1.61. The predicted molar refractivity (Wildman–Crippen MR) is 329 cm³/mol. The largest absolute Gasteiger partial charge is 0.454 e. The van der Waals surface area contributed by atoms with Gasteiger partial charge < -0.3 is 45.1 Å². The summed E-state index contributed by atoms with van der Waals surface area (Å²) in [7, 11) is 0. The molecule has 0 aliphatic carbocycles. The normalized spacial score (nSPS) is 18.8. The van der Waals surface area contributed by atoms with E-state index in [1.807, 2.05) is 6.08 Å². The first-order valence-electron chi connectivity index (χ1n) is 34.5. The zero-order valence-electron chi connectivity index (χ0n) is 52.0. The van der Waals surface area contributed by atoms with Gasteiger partial charge in [0, 0.05) is 6.42 Å². The first-order chi connectivity index (χ1) is 38.7. The molecule has 0 aromatic heterocycles.